The van der Waals surface area contributed by atoms with Crippen molar-refractivity contribution in [2.24, 2.45) is 0 Å². The Kier molecular flexibility index (Phi) is 8.07. The molecule has 0 amide bonds. The first-order valence-electron chi connectivity index (χ1n) is 6.76. The minimum Gasteiger partial charge on any atom is -0.466 e. The van der Waals surface area contributed by atoms with Crippen LogP contribution in [-0.4, -0.2) is 33.9 Å². The number of hydrogen-bond acceptors (Lipinski definition) is 6. The monoisotopic (exact) mass is 302 g/mol. The fraction of sp³-hybridized carbons (Fsp3) is 0.250. The van der Waals surface area contributed by atoms with Crippen LogP contribution in [0.3, 0.4) is 0 Å². The van der Waals surface area contributed by atoms with Crippen LogP contribution in [0.1, 0.15) is 35.4 Å². The van der Waals surface area contributed by atoms with Crippen molar-refractivity contribution in [2.45, 2.75) is 19.4 Å². The second kappa shape index (κ2) is 10.2. The molecule has 0 bridgehead atoms. The van der Waals surface area contributed by atoms with Crippen molar-refractivity contribution >= 4 is 12.3 Å². The zero-order valence-electron chi connectivity index (χ0n) is 12.3. The zero-order valence-corrected chi connectivity index (χ0v) is 12.3. The van der Waals surface area contributed by atoms with E-state index in [1.54, 1.807) is 56.0 Å². The number of hydrogen-bond donors (Lipinski definition) is 1. The van der Waals surface area contributed by atoms with E-state index in [1.807, 2.05) is 0 Å². The van der Waals surface area contributed by atoms with E-state index in [0.29, 0.717) is 17.7 Å². The molecule has 0 radical (unpaired) electrons. The molecule has 6 nitrogen and oxygen atoms in total. The van der Waals surface area contributed by atoms with Gasteiger partial charge in [0.05, 0.1) is 19.1 Å². The number of carbonyl (C=O) groups excluding carboxylic acids is 2. The Morgan fingerprint density at radius 3 is 2.18 bits per heavy atom. The van der Waals surface area contributed by atoms with E-state index in [4.69, 9.17) is 4.74 Å². The second-order valence-corrected chi connectivity index (χ2v) is 4.20. The van der Waals surface area contributed by atoms with Crippen LogP contribution >= 0.6 is 0 Å². The predicted octanol–water partition coefficient (Wildman–Crippen LogP) is 1.96. The maximum Gasteiger partial charge on any atom is 0.308 e. The standard InChI is InChI=1S/C10H13NO3.C6H5NO/c1-2-14-10(13)7-9(12)8-3-5-11-6-4-8;8-5-6-1-3-7-4-2-6/h3-6,9,12H,2,7H2,1H3;1-5H. The normalized spacial score (nSPS) is 10.8. The number of rotatable bonds is 5. The van der Waals surface area contributed by atoms with Gasteiger partial charge in [0.1, 0.15) is 6.29 Å². The molecule has 0 fully saturated rings. The molecule has 2 aromatic rings. The summed E-state index contributed by atoms with van der Waals surface area (Å²) in [6.45, 7) is 2.07. The summed E-state index contributed by atoms with van der Waals surface area (Å²) in [5, 5.41) is 9.59. The van der Waals surface area contributed by atoms with Gasteiger partial charge in [-0.3, -0.25) is 19.6 Å². The Morgan fingerprint density at radius 2 is 1.73 bits per heavy atom. The number of aldehydes is 1. The van der Waals surface area contributed by atoms with Crippen LogP contribution in [0.5, 0.6) is 0 Å². The average Bonchev–Trinajstić information content (AvgIpc) is 2.57. The number of carbonyl (C=O) groups is 2. The largest absolute Gasteiger partial charge is 0.466 e. The minimum atomic E-state index is -0.808. The number of aliphatic hydroxyl groups is 1. The van der Waals surface area contributed by atoms with Crippen molar-refractivity contribution in [1.29, 1.82) is 0 Å². The van der Waals surface area contributed by atoms with Crippen molar-refractivity contribution in [3.05, 3.63) is 60.2 Å². The van der Waals surface area contributed by atoms with Crippen molar-refractivity contribution in [1.82, 2.24) is 9.97 Å². The molecule has 2 rings (SSSR count). The smallest absolute Gasteiger partial charge is 0.308 e. The summed E-state index contributed by atoms with van der Waals surface area (Å²) in [6.07, 6.45) is 6.29. The summed E-state index contributed by atoms with van der Waals surface area (Å²) < 4.78 is 4.72. The van der Waals surface area contributed by atoms with Gasteiger partial charge in [-0.05, 0) is 36.8 Å². The summed E-state index contributed by atoms with van der Waals surface area (Å²) in [4.78, 5) is 28.6. The maximum atomic E-state index is 11.0. The minimum absolute atomic E-state index is 0.0160. The molecule has 116 valence electrons. The number of aliphatic hydroxyl groups excluding tert-OH is 1. The van der Waals surface area contributed by atoms with Gasteiger partial charge in [0.2, 0.25) is 0 Å². The third-order valence-corrected chi connectivity index (χ3v) is 2.60. The third kappa shape index (κ3) is 6.71. The molecule has 0 aromatic carbocycles. The Bertz CT molecular complexity index is 561. The summed E-state index contributed by atoms with van der Waals surface area (Å²) >= 11 is 0. The lowest BCUT2D eigenvalue weighted by Crippen LogP contribution is -2.09. The van der Waals surface area contributed by atoms with E-state index in [9.17, 15) is 14.7 Å². The highest BCUT2D eigenvalue weighted by Crippen LogP contribution is 2.15. The molecular formula is C16H18N2O4. The van der Waals surface area contributed by atoms with Crippen LogP contribution < -0.4 is 0 Å². The lowest BCUT2D eigenvalue weighted by Gasteiger charge is -2.09. The number of ether oxygens (including phenoxy) is 1. The lowest BCUT2D eigenvalue weighted by molar-refractivity contribution is -0.145. The van der Waals surface area contributed by atoms with Gasteiger partial charge in [-0.1, -0.05) is 0 Å². The molecule has 6 heteroatoms. The Hall–Kier alpha value is -2.60. The number of aromatic nitrogens is 2. The molecule has 0 saturated carbocycles. The predicted molar refractivity (Wildman–Crippen MR) is 80.1 cm³/mol. The van der Waals surface area contributed by atoms with Gasteiger partial charge < -0.3 is 9.84 Å². The van der Waals surface area contributed by atoms with Crippen molar-refractivity contribution in [3.8, 4) is 0 Å². The summed E-state index contributed by atoms with van der Waals surface area (Å²) in [6, 6.07) is 6.66. The molecule has 0 spiro atoms. The number of nitrogens with zero attached hydrogens (tertiary/aromatic N) is 2. The number of esters is 1. The van der Waals surface area contributed by atoms with Gasteiger partial charge in [0.25, 0.3) is 0 Å². The average molecular weight is 302 g/mol. The van der Waals surface area contributed by atoms with E-state index in [1.165, 1.54) is 0 Å². The molecule has 0 aliphatic heterocycles. The van der Waals surface area contributed by atoms with E-state index >= 15 is 0 Å². The number of pyridine rings is 2. The maximum absolute atomic E-state index is 11.0. The van der Waals surface area contributed by atoms with Crippen LogP contribution in [0, 0.1) is 0 Å². The van der Waals surface area contributed by atoms with Gasteiger partial charge in [0, 0.05) is 30.4 Å². The van der Waals surface area contributed by atoms with E-state index in [-0.39, 0.29) is 6.42 Å². The van der Waals surface area contributed by atoms with E-state index < -0.39 is 12.1 Å². The third-order valence-electron chi connectivity index (χ3n) is 2.60. The summed E-state index contributed by atoms with van der Waals surface area (Å²) in [5.41, 5.74) is 1.34. The molecule has 22 heavy (non-hydrogen) atoms. The van der Waals surface area contributed by atoms with Crippen LogP contribution in [0.25, 0.3) is 0 Å². The van der Waals surface area contributed by atoms with Crippen LogP contribution in [-0.2, 0) is 9.53 Å². The Balaban J connectivity index is 0.000000255. The van der Waals surface area contributed by atoms with Gasteiger partial charge >= 0.3 is 5.97 Å². The first kappa shape index (κ1) is 17.5. The zero-order chi connectivity index (χ0) is 16.2. The molecule has 0 saturated heterocycles. The topological polar surface area (TPSA) is 89.4 Å². The molecule has 1 unspecified atom stereocenters. The Morgan fingerprint density at radius 1 is 1.18 bits per heavy atom. The summed E-state index contributed by atoms with van der Waals surface area (Å²) in [5.74, 6) is -0.392. The molecule has 0 aliphatic rings. The Labute approximate surface area is 128 Å². The van der Waals surface area contributed by atoms with Crippen molar-refractivity contribution in [3.63, 3.8) is 0 Å². The SMILES string of the molecule is CCOC(=O)CC(O)c1ccncc1.O=Cc1ccncc1. The van der Waals surface area contributed by atoms with Crippen molar-refractivity contribution < 1.29 is 19.4 Å². The van der Waals surface area contributed by atoms with E-state index in [2.05, 4.69) is 9.97 Å². The molecule has 2 heterocycles. The fourth-order valence-electron chi connectivity index (χ4n) is 1.52. The van der Waals surface area contributed by atoms with Crippen molar-refractivity contribution in [2.75, 3.05) is 6.61 Å². The molecule has 2 aromatic heterocycles. The van der Waals surface area contributed by atoms with E-state index in [0.717, 1.165) is 6.29 Å². The van der Waals surface area contributed by atoms with Crippen LogP contribution in [0.2, 0.25) is 0 Å². The lowest BCUT2D eigenvalue weighted by atomic mass is 10.1. The van der Waals surface area contributed by atoms with Crippen LogP contribution in [0.4, 0.5) is 0 Å². The van der Waals surface area contributed by atoms with Gasteiger partial charge in [-0.15, -0.1) is 0 Å². The molecule has 1 N–H and O–H groups in total. The van der Waals surface area contributed by atoms with Gasteiger partial charge in [-0.2, -0.15) is 0 Å². The first-order valence-corrected chi connectivity index (χ1v) is 6.76. The van der Waals surface area contributed by atoms with Crippen LogP contribution in [0.15, 0.2) is 49.1 Å². The van der Waals surface area contributed by atoms with Gasteiger partial charge in [-0.25, -0.2) is 0 Å². The quantitative estimate of drug-likeness (QED) is 0.671. The highest BCUT2D eigenvalue weighted by atomic mass is 16.5. The summed E-state index contributed by atoms with van der Waals surface area (Å²) in [7, 11) is 0. The highest BCUT2D eigenvalue weighted by Gasteiger charge is 2.12. The molecular weight excluding hydrogens is 284 g/mol. The highest BCUT2D eigenvalue weighted by molar-refractivity contribution is 5.74. The van der Waals surface area contributed by atoms with Gasteiger partial charge in [0.15, 0.2) is 0 Å². The first-order chi connectivity index (χ1) is 10.7. The fourth-order valence-corrected chi connectivity index (χ4v) is 1.52. The second-order valence-electron chi connectivity index (χ2n) is 4.20. The molecule has 0 aliphatic carbocycles. The molecule has 1 atom stereocenters.